The molecule has 1 aromatic carbocycles. The number of fused-ring (bicyclic) bond motifs is 1. The van der Waals surface area contributed by atoms with Crippen LogP contribution in [0.3, 0.4) is 0 Å². The third kappa shape index (κ3) is 2.98. The molecule has 0 aromatic heterocycles. The first-order valence-electron chi connectivity index (χ1n) is 7.43. The predicted molar refractivity (Wildman–Crippen MR) is 86.2 cm³/mol. The maximum absolute atomic E-state index is 12.5. The highest BCUT2D eigenvalue weighted by atomic mass is 35.5. The highest BCUT2D eigenvalue weighted by molar-refractivity contribution is 5.95. The lowest BCUT2D eigenvalue weighted by Crippen LogP contribution is -2.31. The first-order chi connectivity index (χ1) is 9.86. The highest BCUT2D eigenvalue weighted by Gasteiger charge is 2.45. The van der Waals surface area contributed by atoms with Crippen LogP contribution in [-0.2, 0) is 14.9 Å². The molecule has 5 heteroatoms. The Kier molecular flexibility index (Phi) is 4.52. The number of carbonyl (C=O) groups is 2. The van der Waals surface area contributed by atoms with Crippen LogP contribution < -0.4 is 0 Å². The van der Waals surface area contributed by atoms with Crippen molar-refractivity contribution in [1.82, 2.24) is 4.90 Å². The van der Waals surface area contributed by atoms with Gasteiger partial charge in [-0.25, -0.2) is 0 Å². The minimum Gasteiger partial charge on any atom is -0.465 e. The molecule has 0 radical (unpaired) electrons. The van der Waals surface area contributed by atoms with Gasteiger partial charge in [0.15, 0.2) is 0 Å². The Morgan fingerprint density at radius 3 is 2.36 bits per heavy atom. The van der Waals surface area contributed by atoms with Crippen LogP contribution in [-0.4, -0.2) is 36.5 Å². The molecule has 1 aromatic rings. The maximum atomic E-state index is 12.5. The number of amides is 1. The van der Waals surface area contributed by atoms with Crippen LogP contribution in [0.25, 0.3) is 0 Å². The number of likely N-dealkylation sites (tertiary alicyclic amines) is 1. The number of halogens is 1. The van der Waals surface area contributed by atoms with E-state index in [1.807, 2.05) is 24.3 Å². The van der Waals surface area contributed by atoms with E-state index < -0.39 is 0 Å². The van der Waals surface area contributed by atoms with Gasteiger partial charge in [0.25, 0.3) is 5.91 Å². The smallest absolute Gasteiger partial charge is 0.311 e. The molecule has 1 amide bonds. The normalized spacial score (nSPS) is 23.8. The van der Waals surface area contributed by atoms with Crippen molar-refractivity contribution in [2.75, 3.05) is 19.7 Å². The molecule has 2 aliphatic rings. The van der Waals surface area contributed by atoms with E-state index in [9.17, 15) is 9.59 Å². The van der Waals surface area contributed by atoms with Crippen molar-refractivity contribution in [2.24, 2.45) is 11.8 Å². The number of esters is 1. The number of benzene rings is 1. The quantitative estimate of drug-likeness (QED) is 0.746. The van der Waals surface area contributed by atoms with Gasteiger partial charge in [0.2, 0.25) is 0 Å². The lowest BCUT2D eigenvalue weighted by molar-refractivity contribution is -0.141. The van der Waals surface area contributed by atoms with E-state index in [2.05, 4.69) is 20.8 Å². The molecule has 3 rings (SSSR count). The number of hydrogen-bond acceptors (Lipinski definition) is 3. The van der Waals surface area contributed by atoms with Crippen LogP contribution in [0.4, 0.5) is 0 Å². The van der Waals surface area contributed by atoms with Gasteiger partial charge in [-0.3, -0.25) is 9.59 Å². The summed E-state index contributed by atoms with van der Waals surface area (Å²) in [4.78, 5) is 25.9. The Morgan fingerprint density at radius 2 is 1.82 bits per heavy atom. The second kappa shape index (κ2) is 5.92. The minimum absolute atomic E-state index is 0. The highest BCUT2D eigenvalue weighted by Crippen LogP contribution is 2.31. The zero-order chi connectivity index (χ0) is 15.2. The maximum Gasteiger partial charge on any atom is 0.311 e. The van der Waals surface area contributed by atoms with Crippen LogP contribution in [0.1, 0.15) is 36.7 Å². The minimum atomic E-state index is -0.154. The zero-order valence-electron chi connectivity index (χ0n) is 13.2. The monoisotopic (exact) mass is 323 g/mol. The van der Waals surface area contributed by atoms with Gasteiger partial charge in [0.05, 0.1) is 12.5 Å². The summed E-state index contributed by atoms with van der Waals surface area (Å²) in [6.45, 7) is 8.02. The van der Waals surface area contributed by atoms with E-state index >= 15 is 0 Å². The molecule has 0 N–H and O–H groups in total. The Balaban J connectivity index is 0.00000176. The first kappa shape index (κ1) is 16.8. The van der Waals surface area contributed by atoms with Crippen molar-refractivity contribution in [2.45, 2.75) is 26.2 Å². The molecular formula is C17H22ClNO3. The molecule has 0 unspecified atom stereocenters. The van der Waals surface area contributed by atoms with E-state index in [-0.39, 0.29) is 41.5 Å². The van der Waals surface area contributed by atoms with Crippen molar-refractivity contribution < 1.29 is 14.3 Å². The van der Waals surface area contributed by atoms with Gasteiger partial charge >= 0.3 is 5.97 Å². The van der Waals surface area contributed by atoms with Crippen LogP contribution in [0, 0.1) is 11.8 Å². The third-order valence-electron chi connectivity index (χ3n) is 4.47. The summed E-state index contributed by atoms with van der Waals surface area (Å²) in [5.74, 6) is -0.0888. The predicted octanol–water partition coefficient (Wildman–Crippen LogP) is 2.65. The summed E-state index contributed by atoms with van der Waals surface area (Å²) in [6, 6.07) is 7.79. The molecule has 0 aliphatic carbocycles. The van der Waals surface area contributed by atoms with Gasteiger partial charge in [-0.2, -0.15) is 0 Å². The molecule has 2 saturated heterocycles. The van der Waals surface area contributed by atoms with Crippen molar-refractivity contribution >= 4 is 24.3 Å². The van der Waals surface area contributed by atoms with Gasteiger partial charge in [0.1, 0.15) is 0 Å². The second-order valence-electron chi connectivity index (χ2n) is 7.03. The van der Waals surface area contributed by atoms with Crippen LogP contribution in [0.2, 0.25) is 0 Å². The third-order valence-corrected chi connectivity index (χ3v) is 4.47. The van der Waals surface area contributed by atoms with Gasteiger partial charge < -0.3 is 9.64 Å². The molecule has 4 nitrogen and oxygen atoms in total. The fourth-order valence-corrected chi connectivity index (χ4v) is 3.06. The summed E-state index contributed by atoms with van der Waals surface area (Å²) in [5.41, 5.74) is 1.98. The van der Waals surface area contributed by atoms with Crippen molar-refractivity contribution in [3.63, 3.8) is 0 Å². The number of rotatable bonds is 1. The Labute approximate surface area is 137 Å². The van der Waals surface area contributed by atoms with Crippen LogP contribution >= 0.6 is 12.4 Å². The second-order valence-corrected chi connectivity index (χ2v) is 7.03. The molecule has 2 heterocycles. The van der Waals surface area contributed by atoms with Crippen molar-refractivity contribution in [3.8, 4) is 0 Å². The molecule has 2 aliphatic heterocycles. The Hall–Kier alpha value is -1.55. The van der Waals surface area contributed by atoms with E-state index in [4.69, 9.17) is 4.74 Å². The summed E-state index contributed by atoms with van der Waals surface area (Å²) < 4.78 is 5.03. The van der Waals surface area contributed by atoms with Crippen LogP contribution in [0.15, 0.2) is 24.3 Å². The molecule has 0 saturated carbocycles. The number of carbonyl (C=O) groups excluding carboxylic acids is 2. The zero-order valence-corrected chi connectivity index (χ0v) is 14.0. The summed E-state index contributed by atoms with van der Waals surface area (Å²) >= 11 is 0. The van der Waals surface area contributed by atoms with Crippen LogP contribution in [0.5, 0.6) is 0 Å². The van der Waals surface area contributed by atoms with Gasteiger partial charge in [-0.1, -0.05) is 32.9 Å². The van der Waals surface area contributed by atoms with Crippen molar-refractivity contribution in [3.05, 3.63) is 35.4 Å². The SMILES string of the molecule is CC(C)(C)c1ccc(C(=O)N2C[C@@H]3COC(=O)[C@@H]3C2)cc1.Cl. The summed E-state index contributed by atoms with van der Waals surface area (Å²) in [7, 11) is 0. The first-order valence-corrected chi connectivity index (χ1v) is 7.43. The molecular weight excluding hydrogens is 302 g/mol. The van der Waals surface area contributed by atoms with Crippen molar-refractivity contribution in [1.29, 1.82) is 0 Å². The molecule has 2 atom stereocenters. The molecule has 0 spiro atoms. The lowest BCUT2D eigenvalue weighted by Gasteiger charge is -2.20. The Bertz CT molecular complexity index is 577. The average molecular weight is 324 g/mol. The standard InChI is InChI=1S/C17H21NO3.ClH/c1-17(2,3)13-6-4-11(5-7-13)15(19)18-8-12-10-21-16(20)14(12)9-18;/h4-7,12,14H,8-10H2,1-3H3;1H/t12-,14-;/m1./s1. The molecule has 22 heavy (non-hydrogen) atoms. The average Bonchev–Trinajstić information content (AvgIpc) is 3.00. The molecule has 120 valence electrons. The molecule has 2 fully saturated rings. The topological polar surface area (TPSA) is 46.6 Å². The van der Waals surface area contributed by atoms with E-state index in [0.29, 0.717) is 25.3 Å². The number of cyclic esters (lactones) is 1. The van der Waals surface area contributed by atoms with E-state index in [1.165, 1.54) is 5.56 Å². The summed E-state index contributed by atoms with van der Waals surface area (Å²) in [6.07, 6.45) is 0. The Morgan fingerprint density at radius 1 is 1.18 bits per heavy atom. The van der Waals surface area contributed by atoms with E-state index in [1.54, 1.807) is 4.90 Å². The fourth-order valence-electron chi connectivity index (χ4n) is 3.06. The largest absolute Gasteiger partial charge is 0.465 e. The van der Waals surface area contributed by atoms with Gasteiger partial charge in [0, 0.05) is 24.6 Å². The van der Waals surface area contributed by atoms with E-state index in [0.717, 1.165) is 0 Å². The number of ether oxygens (including phenoxy) is 1. The number of hydrogen-bond donors (Lipinski definition) is 0. The lowest BCUT2D eigenvalue weighted by atomic mass is 9.86. The molecule has 0 bridgehead atoms. The summed E-state index contributed by atoms with van der Waals surface area (Å²) in [5, 5.41) is 0. The number of nitrogens with zero attached hydrogens (tertiary/aromatic N) is 1. The van der Waals surface area contributed by atoms with Gasteiger partial charge in [-0.05, 0) is 23.1 Å². The van der Waals surface area contributed by atoms with Gasteiger partial charge in [-0.15, -0.1) is 12.4 Å². The fraction of sp³-hybridized carbons (Fsp3) is 0.529.